The number of aryl methyl sites for hydroxylation is 1. The Hall–Kier alpha value is -1.51. The molecule has 2 nitrogen and oxygen atoms in total. The molecule has 0 aromatic heterocycles. The molecular formula is C17H17Cl2NO. The predicted molar refractivity (Wildman–Crippen MR) is 87.8 cm³/mol. The van der Waals surface area contributed by atoms with E-state index in [4.69, 9.17) is 23.2 Å². The summed E-state index contributed by atoms with van der Waals surface area (Å²) in [4.78, 5) is 12.0. The van der Waals surface area contributed by atoms with Crippen molar-refractivity contribution in [2.75, 3.05) is 0 Å². The number of hydrogen-bond donors (Lipinski definition) is 1. The molecule has 1 amide bonds. The molecule has 0 fully saturated rings. The third-order valence-corrected chi connectivity index (χ3v) is 3.85. The second-order valence-electron chi connectivity index (χ2n) is 4.94. The van der Waals surface area contributed by atoms with Gasteiger partial charge in [0.25, 0.3) is 0 Å². The molecule has 1 atom stereocenters. The van der Waals surface area contributed by atoms with E-state index in [0.717, 1.165) is 17.5 Å². The average Bonchev–Trinajstić information content (AvgIpc) is 2.46. The maximum atomic E-state index is 12.0. The van der Waals surface area contributed by atoms with Crippen molar-refractivity contribution in [3.05, 3.63) is 69.7 Å². The van der Waals surface area contributed by atoms with Crippen molar-refractivity contribution in [3.8, 4) is 0 Å². The number of nitrogens with one attached hydrogen (secondary N) is 1. The molecule has 0 heterocycles. The normalized spacial score (nSPS) is 12.0. The van der Waals surface area contributed by atoms with Crippen LogP contribution in [0, 0.1) is 0 Å². The lowest BCUT2D eigenvalue weighted by atomic mass is 10.1. The largest absolute Gasteiger partial charge is 0.350 e. The van der Waals surface area contributed by atoms with E-state index in [1.807, 2.05) is 43.3 Å². The lowest BCUT2D eigenvalue weighted by Crippen LogP contribution is -2.27. The van der Waals surface area contributed by atoms with Gasteiger partial charge in [-0.2, -0.15) is 0 Å². The van der Waals surface area contributed by atoms with E-state index in [-0.39, 0.29) is 11.9 Å². The van der Waals surface area contributed by atoms with Crippen molar-refractivity contribution in [2.45, 2.75) is 25.8 Å². The molecule has 0 saturated carbocycles. The summed E-state index contributed by atoms with van der Waals surface area (Å²) in [6.45, 7) is 1.91. The summed E-state index contributed by atoms with van der Waals surface area (Å²) in [7, 11) is 0. The summed E-state index contributed by atoms with van der Waals surface area (Å²) in [5.74, 6) is 0.0115. The van der Waals surface area contributed by atoms with Gasteiger partial charge in [-0.3, -0.25) is 4.79 Å². The van der Waals surface area contributed by atoms with Gasteiger partial charge < -0.3 is 5.32 Å². The molecule has 21 heavy (non-hydrogen) atoms. The van der Waals surface area contributed by atoms with Crippen LogP contribution in [0.2, 0.25) is 10.0 Å². The Labute approximate surface area is 135 Å². The number of carbonyl (C=O) groups is 1. The molecule has 2 rings (SSSR count). The highest BCUT2D eigenvalue weighted by Gasteiger charge is 2.12. The lowest BCUT2D eigenvalue weighted by Gasteiger charge is -2.16. The maximum Gasteiger partial charge on any atom is 0.220 e. The highest BCUT2D eigenvalue weighted by molar-refractivity contribution is 6.35. The Bertz CT molecular complexity index is 613. The molecule has 2 aromatic rings. The number of benzene rings is 2. The van der Waals surface area contributed by atoms with Crippen molar-refractivity contribution in [1.29, 1.82) is 0 Å². The standard InChI is InChI=1S/C17H17Cl2NO/c1-12(15-9-8-14(18)11-16(15)19)20-17(21)10-7-13-5-3-2-4-6-13/h2-6,8-9,11-12H,7,10H2,1H3,(H,20,21). The van der Waals surface area contributed by atoms with Gasteiger partial charge in [0.2, 0.25) is 5.91 Å². The molecule has 0 bridgehead atoms. The molecule has 0 aliphatic rings. The molecule has 0 aliphatic carbocycles. The van der Waals surface area contributed by atoms with E-state index < -0.39 is 0 Å². The van der Waals surface area contributed by atoms with Gasteiger partial charge in [0.15, 0.2) is 0 Å². The van der Waals surface area contributed by atoms with Crippen LogP contribution in [0.5, 0.6) is 0 Å². The van der Waals surface area contributed by atoms with Gasteiger partial charge in [-0.1, -0.05) is 59.6 Å². The molecule has 0 aliphatic heterocycles. The van der Waals surface area contributed by atoms with Gasteiger partial charge in [0.05, 0.1) is 6.04 Å². The fraction of sp³-hybridized carbons (Fsp3) is 0.235. The zero-order chi connectivity index (χ0) is 15.2. The molecule has 2 aromatic carbocycles. The maximum absolute atomic E-state index is 12.0. The first-order valence-corrected chi connectivity index (χ1v) is 7.60. The Kier molecular flexibility index (Phi) is 5.66. The van der Waals surface area contributed by atoms with Crippen molar-refractivity contribution >= 4 is 29.1 Å². The molecule has 1 N–H and O–H groups in total. The minimum absolute atomic E-state index is 0.0115. The molecule has 0 radical (unpaired) electrons. The molecule has 1 unspecified atom stereocenters. The zero-order valence-electron chi connectivity index (χ0n) is 11.8. The topological polar surface area (TPSA) is 29.1 Å². The van der Waals surface area contributed by atoms with E-state index in [1.165, 1.54) is 0 Å². The summed E-state index contributed by atoms with van der Waals surface area (Å²) in [5.41, 5.74) is 2.03. The minimum atomic E-state index is -0.141. The highest BCUT2D eigenvalue weighted by atomic mass is 35.5. The van der Waals surface area contributed by atoms with Gasteiger partial charge in [0.1, 0.15) is 0 Å². The Balaban J connectivity index is 1.90. The summed E-state index contributed by atoms with van der Waals surface area (Å²) in [6, 6.07) is 15.1. The molecule has 110 valence electrons. The van der Waals surface area contributed by atoms with Crippen LogP contribution in [0.4, 0.5) is 0 Å². The van der Waals surface area contributed by atoms with Crippen LogP contribution in [0.1, 0.15) is 30.5 Å². The lowest BCUT2D eigenvalue weighted by molar-refractivity contribution is -0.121. The monoisotopic (exact) mass is 321 g/mol. The highest BCUT2D eigenvalue weighted by Crippen LogP contribution is 2.26. The van der Waals surface area contributed by atoms with Crippen LogP contribution >= 0.6 is 23.2 Å². The van der Waals surface area contributed by atoms with Crippen molar-refractivity contribution in [3.63, 3.8) is 0 Å². The number of carbonyl (C=O) groups excluding carboxylic acids is 1. The van der Waals surface area contributed by atoms with E-state index in [1.54, 1.807) is 12.1 Å². The van der Waals surface area contributed by atoms with E-state index >= 15 is 0 Å². The Morgan fingerprint density at radius 1 is 1.14 bits per heavy atom. The van der Waals surface area contributed by atoms with Crippen LogP contribution in [0.15, 0.2) is 48.5 Å². The quantitative estimate of drug-likeness (QED) is 0.841. The summed E-state index contributed by atoms with van der Waals surface area (Å²) in [6.07, 6.45) is 1.19. The van der Waals surface area contributed by atoms with Crippen LogP contribution in [-0.2, 0) is 11.2 Å². The number of halogens is 2. The van der Waals surface area contributed by atoms with Gasteiger partial charge in [-0.05, 0) is 36.6 Å². The van der Waals surface area contributed by atoms with Gasteiger partial charge in [0, 0.05) is 16.5 Å². The van der Waals surface area contributed by atoms with E-state index in [9.17, 15) is 4.79 Å². The van der Waals surface area contributed by atoms with Crippen LogP contribution in [0.3, 0.4) is 0 Å². The Morgan fingerprint density at radius 2 is 1.86 bits per heavy atom. The smallest absolute Gasteiger partial charge is 0.220 e. The van der Waals surface area contributed by atoms with Crippen LogP contribution < -0.4 is 5.32 Å². The fourth-order valence-corrected chi connectivity index (χ4v) is 2.72. The first-order chi connectivity index (χ1) is 10.1. The van der Waals surface area contributed by atoms with E-state index in [0.29, 0.717) is 16.5 Å². The van der Waals surface area contributed by atoms with Crippen molar-refractivity contribution < 1.29 is 4.79 Å². The predicted octanol–water partition coefficient (Wildman–Crippen LogP) is 4.80. The van der Waals surface area contributed by atoms with Crippen LogP contribution in [-0.4, -0.2) is 5.91 Å². The number of hydrogen-bond acceptors (Lipinski definition) is 1. The Morgan fingerprint density at radius 3 is 2.52 bits per heavy atom. The summed E-state index contributed by atoms with van der Waals surface area (Å²) >= 11 is 12.0. The number of amides is 1. The van der Waals surface area contributed by atoms with Crippen molar-refractivity contribution in [2.24, 2.45) is 0 Å². The molecule has 0 saturated heterocycles. The molecule has 4 heteroatoms. The second-order valence-corrected chi connectivity index (χ2v) is 5.78. The minimum Gasteiger partial charge on any atom is -0.350 e. The van der Waals surface area contributed by atoms with Gasteiger partial charge in [-0.15, -0.1) is 0 Å². The second kappa shape index (κ2) is 7.48. The van der Waals surface area contributed by atoms with Gasteiger partial charge in [-0.25, -0.2) is 0 Å². The first kappa shape index (κ1) is 15.9. The third-order valence-electron chi connectivity index (χ3n) is 3.29. The average molecular weight is 322 g/mol. The van der Waals surface area contributed by atoms with Crippen molar-refractivity contribution in [1.82, 2.24) is 5.32 Å². The van der Waals surface area contributed by atoms with E-state index in [2.05, 4.69) is 5.32 Å². The first-order valence-electron chi connectivity index (χ1n) is 6.84. The summed E-state index contributed by atoms with van der Waals surface area (Å²) in [5, 5.41) is 4.12. The third kappa shape index (κ3) is 4.76. The SMILES string of the molecule is CC(NC(=O)CCc1ccccc1)c1ccc(Cl)cc1Cl. The summed E-state index contributed by atoms with van der Waals surface area (Å²) < 4.78 is 0. The van der Waals surface area contributed by atoms with Crippen LogP contribution in [0.25, 0.3) is 0 Å². The zero-order valence-corrected chi connectivity index (χ0v) is 13.3. The fourth-order valence-electron chi connectivity index (χ4n) is 2.15. The van der Waals surface area contributed by atoms with Gasteiger partial charge >= 0.3 is 0 Å². The number of rotatable bonds is 5. The molecule has 0 spiro atoms. The molecular weight excluding hydrogens is 305 g/mol.